The number of halogens is 2. The van der Waals surface area contributed by atoms with Gasteiger partial charge in [-0.1, -0.05) is 22.0 Å². The minimum absolute atomic E-state index is 0. The lowest BCUT2D eigenvalue weighted by Gasteiger charge is -2.33. The van der Waals surface area contributed by atoms with Crippen LogP contribution in [0.2, 0.25) is 0 Å². The van der Waals surface area contributed by atoms with E-state index in [2.05, 4.69) is 61.6 Å². The van der Waals surface area contributed by atoms with Crippen molar-refractivity contribution in [3.05, 3.63) is 33.8 Å². The molecule has 7 heteroatoms. The van der Waals surface area contributed by atoms with Crippen LogP contribution in [-0.2, 0) is 11.3 Å². The van der Waals surface area contributed by atoms with Gasteiger partial charge in [0, 0.05) is 57.5 Å². The summed E-state index contributed by atoms with van der Waals surface area (Å²) in [5.41, 5.74) is 2.57. The molecule has 0 aromatic heterocycles. The first-order valence-electron chi connectivity index (χ1n) is 9.06. The number of piperidine rings is 1. The molecule has 5 nitrogen and oxygen atoms in total. The number of nitrogens with one attached hydrogen (secondary N) is 2. The Balaban J connectivity index is 0.00000338. The summed E-state index contributed by atoms with van der Waals surface area (Å²) in [4.78, 5) is 6.91. The third-order valence-electron chi connectivity index (χ3n) is 4.73. The Labute approximate surface area is 183 Å². The van der Waals surface area contributed by atoms with Gasteiger partial charge < -0.3 is 20.3 Å². The van der Waals surface area contributed by atoms with Crippen molar-refractivity contribution in [3.63, 3.8) is 0 Å². The number of hydrogen-bond donors (Lipinski definition) is 2. The highest BCUT2D eigenvalue weighted by Crippen LogP contribution is 2.15. The number of likely N-dealkylation sites (tertiary alicyclic amines) is 1. The molecule has 148 valence electrons. The van der Waals surface area contributed by atoms with Gasteiger partial charge in [0.15, 0.2) is 5.96 Å². The van der Waals surface area contributed by atoms with Gasteiger partial charge in [0.25, 0.3) is 0 Å². The van der Waals surface area contributed by atoms with Gasteiger partial charge in [-0.25, -0.2) is 0 Å². The second-order valence-corrected chi connectivity index (χ2v) is 7.52. The smallest absolute Gasteiger partial charge is 0.191 e. The molecule has 2 rings (SSSR count). The Morgan fingerprint density at radius 2 is 2.08 bits per heavy atom. The number of guanidine groups is 1. The van der Waals surface area contributed by atoms with Gasteiger partial charge in [-0.05, 0) is 49.4 Å². The van der Waals surface area contributed by atoms with Crippen molar-refractivity contribution in [2.75, 3.05) is 40.4 Å². The van der Waals surface area contributed by atoms with Crippen LogP contribution >= 0.6 is 39.9 Å². The van der Waals surface area contributed by atoms with Gasteiger partial charge in [-0.15, -0.1) is 24.0 Å². The average Bonchev–Trinajstić information content (AvgIpc) is 2.61. The fourth-order valence-electron chi connectivity index (χ4n) is 3.16. The second kappa shape index (κ2) is 12.9. The maximum atomic E-state index is 5.13. The summed E-state index contributed by atoms with van der Waals surface area (Å²) < 4.78 is 6.25. The average molecular weight is 539 g/mol. The van der Waals surface area contributed by atoms with Gasteiger partial charge in [0.2, 0.25) is 0 Å². The van der Waals surface area contributed by atoms with Crippen molar-refractivity contribution in [2.45, 2.75) is 38.8 Å². The zero-order chi connectivity index (χ0) is 18.1. The molecule has 2 N–H and O–H groups in total. The normalized spacial score (nSPS) is 16.2. The number of aliphatic imine (C=N–C) groups is 1. The minimum atomic E-state index is 0. The zero-order valence-corrected chi connectivity index (χ0v) is 20.0. The summed E-state index contributed by atoms with van der Waals surface area (Å²) in [6, 6.07) is 6.88. The topological polar surface area (TPSA) is 48.9 Å². The van der Waals surface area contributed by atoms with Crippen molar-refractivity contribution in [1.29, 1.82) is 0 Å². The van der Waals surface area contributed by atoms with Crippen molar-refractivity contribution in [3.8, 4) is 0 Å². The van der Waals surface area contributed by atoms with Crippen LogP contribution in [0.15, 0.2) is 27.7 Å². The van der Waals surface area contributed by atoms with E-state index >= 15 is 0 Å². The van der Waals surface area contributed by atoms with Crippen molar-refractivity contribution < 1.29 is 4.74 Å². The molecule has 0 spiro atoms. The minimum Gasteiger partial charge on any atom is -0.385 e. The third-order valence-corrected chi connectivity index (χ3v) is 5.22. The summed E-state index contributed by atoms with van der Waals surface area (Å²) in [6.07, 6.45) is 3.43. The Hall–Kier alpha value is -0.380. The summed E-state index contributed by atoms with van der Waals surface area (Å²) in [5, 5.41) is 7.01. The highest BCUT2D eigenvalue weighted by atomic mass is 127. The van der Waals surface area contributed by atoms with Crippen molar-refractivity contribution in [2.24, 2.45) is 4.99 Å². The molecule has 0 radical (unpaired) electrons. The van der Waals surface area contributed by atoms with E-state index in [9.17, 15) is 0 Å². The molecule has 0 aliphatic carbocycles. The molecule has 26 heavy (non-hydrogen) atoms. The van der Waals surface area contributed by atoms with Gasteiger partial charge >= 0.3 is 0 Å². The molecule has 1 aliphatic heterocycles. The highest BCUT2D eigenvalue weighted by Gasteiger charge is 2.19. The summed E-state index contributed by atoms with van der Waals surface area (Å²) >= 11 is 3.51. The molecule has 1 saturated heterocycles. The van der Waals surface area contributed by atoms with Gasteiger partial charge in [0.1, 0.15) is 0 Å². The fraction of sp³-hybridized carbons (Fsp3) is 0.632. The van der Waals surface area contributed by atoms with Crippen LogP contribution in [0.5, 0.6) is 0 Å². The molecule has 0 unspecified atom stereocenters. The maximum Gasteiger partial charge on any atom is 0.191 e. The number of ether oxygens (including phenoxy) is 1. The monoisotopic (exact) mass is 538 g/mol. The lowest BCUT2D eigenvalue weighted by atomic mass is 10.1. The number of nitrogens with zero attached hydrogens (tertiary/aromatic N) is 2. The predicted molar refractivity (Wildman–Crippen MR) is 124 cm³/mol. The van der Waals surface area contributed by atoms with Crippen LogP contribution in [0.3, 0.4) is 0 Å². The molecule has 1 fully saturated rings. The van der Waals surface area contributed by atoms with Crippen LogP contribution in [0, 0.1) is 6.92 Å². The highest BCUT2D eigenvalue weighted by molar-refractivity contribution is 14.0. The number of benzene rings is 1. The first-order valence-corrected chi connectivity index (χ1v) is 9.85. The third kappa shape index (κ3) is 8.10. The number of hydrogen-bond acceptors (Lipinski definition) is 3. The quantitative estimate of drug-likeness (QED) is 0.241. The number of aryl methyl sites for hydroxylation is 1. The molecular weight excluding hydrogens is 507 g/mol. The largest absolute Gasteiger partial charge is 0.385 e. The fourth-order valence-corrected chi connectivity index (χ4v) is 3.63. The lowest BCUT2D eigenvalue weighted by Crippen LogP contribution is -2.48. The zero-order valence-electron chi connectivity index (χ0n) is 16.1. The molecule has 0 saturated carbocycles. The Morgan fingerprint density at radius 3 is 2.69 bits per heavy atom. The van der Waals surface area contributed by atoms with Gasteiger partial charge in [-0.3, -0.25) is 4.99 Å². The summed E-state index contributed by atoms with van der Waals surface area (Å²) in [6.45, 7) is 7.20. The van der Waals surface area contributed by atoms with Crippen molar-refractivity contribution >= 4 is 45.9 Å². The first-order chi connectivity index (χ1) is 12.1. The predicted octanol–water partition coefficient (Wildman–Crippen LogP) is 3.54. The van der Waals surface area contributed by atoms with Gasteiger partial charge in [-0.2, -0.15) is 0 Å². The van der Waals surface area contributed by atoms with Gasteiger partial charge in [0.05, 0.1) is 0 Å². The molecule has 1 aromatic rings. The van der Waals surface area contributed by atoms with Crippen LogP contribution in [-0.4, -0.2) is 57.3 Å². The standard InChI is InChI=1S/C19H31BrN4O.HI/c1-15-13-17(20)6-5-16(15)14-22-19(21-2)23-18-7-10-24(11-8-18)9-4-12-25-3;/h5-6,13,18H,4,7-12,14H2,1-3H3,(H2,21,22,23);1H. The number of rotatable bonds is 7. The molecular formula is C19H32BrIN4O. The number of methoxy groups -OCH3 is 1. The SMILES string of the molecule is CN=C(NCc1ccc(Br)cc1C)NC1CCN(CCCOC)CC1.I. The Morgan fingerprint density at radius 1 is 1.35 bits per heavy atom. The molecule has 0 amide bonds. The van der Waals surface area contributed by atoms with Crippen LogP contribution < -0.4 is 10.6 Å². The molecule has 1 aromatic carbocycles. The maximum absolute atomic E-state index is 5.13. The Kier molecular flexibility index (Phi) is 11.7. The molecule has 1 heterocycles. The van der Waals surface area contributed by atoms with E-state index in [1.165, 1.54) is 11.1 Å². The molecule has 0 atom stereocenters. The van der Waals surface area contributed by atoms with E-state index in [1.807, 2.05) is 7.05 Å². The summed E-state index contributed by atoms with van der Waals surface area (Å²) in [5.74, 6) is 0.889. The van der Waals surface area contributed by atoms with Crippen molar-refractivity contribution in [1.82, 2.24) is 15.5 Å². The van der Waals surface area contributed by atoms with E-state index in [0.29, 0.717) is 6.04 Å². The van der Waals surface area contributed by atoms with E-state index in [0.717, 1.165) is 62.5 Å². The van der Waals surface area contributed by atoms with Crippen LogP contribution in [0.25, 0.3) is 0 Å². The van der Waals surface area contributed by atoms with E-state index < -0.39 is 0 Å². The van der Waals surface area contributed by atoms with E-state index in [4.69, 9.17) is 4.74 Å². The van der Waals surface area contributed by atoms with Crippen LogP contribution in [0.1, 0.15) is 30.4 Å². The first kappa shape index (κ1) is 23.7. The second-order valence-electron chi connectivity index (χ2n) is 6.60. The van der Waals surface area contributed by atoms with E-state index in [-0.39, 0.29) is 24.0 Å². The Bertz CT molecular complexity index is 562. The molecule has 0 bridgehead atoms. The molecule has 1 aliphatic rings. The van der Waals surface area contributed by atoms with Crippen LogP contribution in [0.4, 0.5) is 0 Å². The summed E-state index contributed by atoms with van der Waals surface area (Å²) in [7, 11) is 3.61. The van der Waals surface area contributed by atoms with E-state index in [1.54, 1.807) is 7.11 Å². The lowest BCUT2D eigenvalue weighted by molar-refractivity contribution is 0.155.